The van der Waals surface area contributed by atoms with Gasteiger partial charge in [-0.05, 0) is 31.2 Å². The molecule has 4 heterocycles. The van der Waals surface area contributed by atoms with Crippen molar-refractivity contribution in [3.05, 3.63) is 45.3 Å². The van der Waals surface area contributed by atoms with Crippen molar-refractivity contribution >= 4 is 64.7 Å². The molecule has 0 saturated carbocycles. The lowest BCUT2D eigenvalue weighted by molar-refractivity contribution is -0.129. The normalized spacial score (nSPS) is 15.6. The Labute approximate surface area is 268 Å². The number of rotatable bonds is 7. The molecule has 0 bridgehead atoms. The molecule has 3 N–H and O–H groups in total. The van der Waals surface area contributed by atoms with Crippen LogP contribution in [-0.2, 0) is 25.7 Å². The van der Waals surface area contributed by atoms with Gasteiger partial charge in [-0.25, -0.2) is 0 Å². The van der Waals surface area contributed by atoms with Crippen molar-refractivity contribution in [2.45, 2.75) is 20.4 Å². The minimum Gasteiger partial charge on any atom is -0.362 e. The zero-order valence-corrected chi connectivity index (χ0v) is 26.5. The van der Waals surface area contributed by atoms with Crippen LogP contribution < -0.4 is 31.4 Å². The number of amidine groups is 1. The van der Waals surface area contributed by atoms with Crippen LogP contribution in [-0.4, -0.2) is 118 Å². The number of nitrogens with one attached hydrogen (secondary N) is 3. The Bertz CT molecular complexity index is 1720. The van der Waals surface area contributed by atoms with E-state index in [1.807, 2.05) is 9.80 Å². The molecule has 2 aromatic heterocycles. The Morgan fingerprint density at radius 2 is 1.61 bits per heavy atom. The van der Waals surface area contributed by atoms with Crippen LogP contribution in [0.5, 0.6) is 0 Å². The van der Waals surface area contributed by atoms with Crippen LogP contribution in [0.2, 0.25) is 5.02 Å². The number of amides is 4. The first-order chi connectivity index (χ1) is 22.1. The van der Waals surface area contributed by atoms with Crippen LogP contribution in [0.1, 0.15) is 12.6 Å². The third kappa shape index (κ3) is 6.73. The molecule has 3 aromatic rings. The lowest BCUT2D eigenvalue weighted by Gasteiger charge is -2.36. The van der Waals surface area contributed by atoms with Gasteiger partial charge in [-0.3, -0.25) is 24.0 Å². The monoisotopic (exact) mass is 654 g/mol. The number of hydrogen-bond acceptors (Lipinski definition) is 11. The van der Waals surface area contributed by atoms with Crippen molar-refractivity contribution in [3.63, 3.8) is 0 Å². The molecule has 2 fully saturated rings. The minimum atomic E-state index is -0.463. The van der Waals surface area contributed by atoms with Gasteiger partial charge >= 0.3 is 0 Å². The first-order valence-corrected chi connectivity index (χ1v) is 15.0. The first-order valence-electron chi connectivity index (χ1n) is 14.7. The maximum Gasteiger partial charge on any atom is 0.299 e. The summed E-state index contributed by atoms with van der Waals surface area (Å²) in [6.45, 7) is 6.17. The van der Waals surface area contributed by atoms with Crippen LogP contribution in [0.15, 0.2) is 34.2 Å². The Morgan fingerprint density at radius 1 is 0.978 bits per heavy atom. The smallest absolute Gasteiger partial charge is 0.299 e. The van der Waals surface area contributed by atoms with E-state index < -0.39 is 11.5 Å². The van der Waals surface area contributed by atoms with Gasteiger partial charge in [0.25, 0.3) is 11.5 Å². The Kier molecular flexibility index (Phi) is 9.69. The number of carbonyl (C=O) groups excluding carboxylic acids is 4. The van der Waals surface area contributed by atoms with Gasteiger partial charge in [-0.15, -0.1) is 5.10 Å². The van der Waals surface area contributed by atoms with Crippen LogP contribution >= 0.6 is 11.6 Å². The predicted octanol–water partition coefficient (Wildman–Crippen LogP) is -0.912. The van der Waals surface area contributed by atoms with E-state index >= 15 is 0 Å². The van der Waals surface area contributed by atoms with Gasteiger partial charge < -0.3 is 40.2 Å². The van der Waals surface area contributed by atoms with Gasteiger partial charge in [-0.1, -0.05) is 11.6 Å². The van der Waals surface area contributed by atoms with Crippen LogP contribution in [0.25, 0.3) is 5.78 Å². The average molecular weight is 655 g/mol. The summed E-state index contributed by atoms with van der Waals surface area (Å²) >= 11 is 5.99. The highest BCUT2D eigenvalue weighted by Gasteiger charge is 2.30. The molecular weight excluding hydrogens is 620 g/mol. The van der Waals surface area contributed by atoms with E-state index in [1.54, 1.807) is 40.7 Å². The molecule has 244 valence electrons. The maximum atomic E-state index is 14.0. The van der Waals surface area contributed by atoms with E-state index in [0.717, 1.165) is 0 Å². The fraction of sp³-hybridized carbons (Fsp3) is 0.429. The lowest BCUT2D eigenvalue weighted by atomic mass is 10.2. The summed E-state index contributed by atoms with van der Waals surface area (Å²) in [5.41, 5.74) is 3.47. The second-order valence-corrected chi connectivity index (χ2v) is 11.2. The third-order valence-electron chi connectivity index (χ3n) is 7.91. The number of nitrogens with zero attached hydrogens (tertiary/aromatic N) is 9. The maximum absolute atomic E-state index is 14.0. The van der Waals surface area contributed by atoms with E-state index in [9.17, 15) is 24.0 Å². The van der Waals surface area contributed by atoms with Crippen LogP contribution in [0.4, 0.5) is 17.3 Å². The number of halogens is 1. The molecule has 0 aliphatic carbocycles. The largest absolute Gasteiger partial charge is 0.362 e. The predicted molar refractivity (Wildman–Crippen MR) is 171 cm³/mol. The SMILES string of the molecule is CN/N=C(\NC=O)C(=O)N1CCN(c2c(C)n(CC(=O)Nc3ccc(Cl)cc3)c3nc(N4CCN(C(C)=O)CC4)nn3c2=O)CC1. The molecule has 1 aromatic carbocycles. The molecule has 4 amide bonds. The second-order valence-electron chi connectivity index (χ2n) is 10.7. The number of hydrogen-bond donors (Lipinski definition) is 3. The van der Waals surface area contributed by atoms with Crippen molar-refractivity contribution in [1.82, 2.24) is 39.7 Å². The number of fused-ring (bicyclic) bond motifs is 1. The highest BCUT2D eigenvalue weighted by molar-refractivity contribution is 6.39. The molecule has 0 atom stereocenters. The van der Waals surface area contributed by atoms with E-state index in [1.165, 1.54) is 23.4 Å². The molecule has 17 nitrogen and oxygen atoms in total. The van der Waals surface area contributed by atoms with Gasteiger partial charge in [0.05, 0.1) is 0 Å². The second kappa shape index (κ2) is 13.8. The number of anilines is 3. The van der Waals surface area contributed by atoms with Crippen molar-refractivity contribution in [3.8, 4) is 0 Å². The fourth-order valence-electron chi connectivity index (χ4n) is 5.52. The summed E-state index contributed by atoms with van der Waals surface area (Å²) in [5, 5.41) is 14.1. The summed E-state index contributed by atoms with van der Waals surface area (Å²) in [6, 6.07) is 6.71. The summed E-state index contributed by atoms with van der Waals surface area (Å²) < 4.78 is 2.85. The third-order valence-corrected chi connectivity index (χ3v) is 8.16. The Hall–Kier alpha value is -5.19. The minimum absolute atomic E-state index is 0.0124. The van der Waals surface area contributed by atoms with Crippen LogP contribution in [0.3, 0.4) is 0 Å². The molecule has 2 aliphatic rings. The molecule has 0 unspecified atom stereocenters. The summed E-state index contributed by atoms with van der Waals surface area (Å²) in [7, 11) is 1.51. The Balaban J connectivity index is 1.46. The number of hydrazone groups is 1. The standard InChI is InChI=1S/C28H35ClN12O5/c1-18-23(37-10-12-38(13-11-37)26(46)24(31-17-42)34-30-3)25(45)41-28(33-27(35-41)39-14-8-36(9-15-39)19(2)43)40(18)16-22(44)32-21-6-4-20(29)5-7-21/h4-7,17,30H,8-16H2,1-3H3,(H,32,44)(H,31,34,42). The molecule has 2 aliphatic heterocycles. The number of benzene rings is 1. The van der Waals surface area contributed by atoms with Crippen molar-refractivity contribution in [2.24, 2.45) is 5.10 Å². The molecule has 2 saturated heterocycles. The highest BCUT2D eigenvalue weighted by Crippen LogP contribution is 2.22. The molecule has 0 spiro atoms. The average Bonchev–Trinajstić information content (AvgIpc) is 3.50. The number of aromatic nitrogens is 4. The van der Waals surface area contributed by atoms with Crippen LogP contribution in [0, 0.1) is 6.92 Å². The van der Waals surface area contributed by atoms with Gasteiger partial charge in [0.1, 0.15) is 12.2 Å². The summed E-state index contributed by atoms with van der Waals surface area (Å²) in [6.07, 6.45) is 0.379. The molecular formula is C28H35ClN12O5. The molecule has 18 heteroatoms. The molecule has 5 rings (SSSR count). The van der Waals surface area contributed by atoms with Gasteiger partial charge in [0.15, 0.2) is 0 Å². The van der Waals surface area contributed by atoms with Gasteiger partial charge in [0, 0.05) is 82.7 Å². The number of carbonyl (C=O) groups is 4. The van der Waals surface area contributed by atoms with Gasteiger partial charge in [-0.2, -0.15) is 14.6 Å². The first kappa shape index (κ1) is 32.2. The van der Waals surface area contributed by atoms with E-state index in [-0.39, 0.29) is 43.1 Å². The van der Waals surface area contributed by atoms with Crippen molar-refractivity contribution < 1.29 is 19.2 Å². The topological polar surface area (TPSA) is 182 Å². The highest BCUT2D eigenvalue weighted by atomic mass is 35.5. The van der Waals surface area contributed by atoms with Crippen molar-refractivity contribution in [1.29, 1.82) is 0 Å². The lowest BCUT2D eigenvalue weighted by Crippen LogP contribution is -2.54. The zero-order valence-electron chi connectivity index (χ0n) is 25.7. The fourth-order valence-corrected chi connectivity index (χ4v) is 5.64. The van der Waals surface area contributed by atoms with Crippen molar-refractivity contribution in [2.75, 3.05) is 74.5 Å². The van der Waals surface area contributed by atoms with E-state index in [2.05, 4.69) is 31.2 Å². The molecule has 46 heavy (non-hydrogen) atoms. The van der Waals surface area contributed by atoms with Gasteiger partial charge in [0.2, 0.25) is 35.8 Å². The summed E-state index contributed by atoms with van der Waals surface area (Å²) in [5.74, 6) is -0.453. The zero-order chi connectivity index (χ0) is 33.0. The Morgan fingerprint density at radius 3 is 2.22 bits per heavy atom. The van der Waals surface area contributed by atoms with E-state index in [0.29, 0.717) is 73.7 Å². The molecule has 0 radical (unpaired) electrons. The van der Waals surface area contributed by atoms with E-state index in [4.69, 9.17) is 11.6 Å². The quantitative estimate of drug-likeness (QED) is 0.125. The summed E-state index contributed by atoms with van der Waals surface area (Å²) in [4.78, 5) is 74.7. The number of piperazine rings is 2.